The van der Waals surface area contributed by atoms with Gasteiger partial charge < -0.3 is 9.84 Å². The smallest absolute Gasteiger partial charge is 0.345 e. The zero-order chi connectivity index (χ0) is 14.5. The molecule has 104 valence electrons. The van der Waals surface area contributed by atoms with Gasteiger partial charge in [-0.05, 0) is 30.2 Å². The van der Waals surface area contributed by atoms with E-state index in [9.17, 15) is 9.90 Å². The minimum Gasteiger partial charge on any atom is -0.478 e. The summed E-state index contributed by atoms with van der Waals surface area (Å²) in [6.07, 6.45) is -0.663. The van der Waals surface area contributed by atoms with E-state index in [1.807, 2.05) is 31.2 Å². The maximum absolute atomic E-state index is 11.4. The maximum Gasteiger partial charge on any atom is 0.345 e. The van der Waals surface area contributed by atoms with Crippen LogP contribution in [0, 0.1) is 6.92 Å². The van der Waals surface area contributed by atoms with Crippen molar-refractivity contribution in [2.24, 2.45) is 0 Å². The van der Waals surface area contributed by atoms with Crippen molar-refractivity contribution in [1.29, 1.82) is 0 Å². The molecule has 0 amide bonds. The van der Waals surface area contributed by atoms with Gasteiger partial charge in [-0.2, -0.15) is 0 Å². The van der Waals surface area contributed by atoms with Crippen LogP contribution in [0.2, 0.25) is 5.02 Å². The first-order valence-corrected chi connectivity index (χ1v) is 6.64. The Balaban J connectivity index is 2.19. The minimum atomic E-state index is -1.01. The van der Waals surface area contributed by atoms with Gasteiger partial charge in [0.2, 0.25) is 0 Å². The summed E-state index contributed by atoms with van der Waals surface area (Å²) in [5.41, 5.74) is 1.99. The number of hydrogen-bond donors (Lipinski definition) is 1. The minimum absolute atomic E-state index is 0.299. The molecule has 2 aromatic rings. The molecule has 2 rings (SSSR count). The molecule has 20 heavy (non-hydrogen) atoms. The van der Waals surface area contributed by atoms with Crippen molar-refractivity contribution in [2.75, 3.05) is 0 Å². The highest BCUT2D eigenvalue weighted by molar-refractivity contribution is 6.32. The summed E-state index contributed by atoms with van der Waals surface area (Å²) in [4.78, 5) is 11.4. The highest BCUT2D eigenvalue weighted by Gasteiger charge is 2.21. The Morgan fingerprint density at radius 1 is 1.20 bits per heavy atom. The van der Waals surface area contributed by atoms with E-state index in [2.05, 4.69) is 0 Å². The molecule has 1 N–H and O–H groups in total. The lowest BCUT2D eigenvalue weighted by molar-refractivity contribution is -0.145. The molecule has 0 unspecified atom stereocenters. The molecule has 0 radical (unpaired) electrons. The molecule has 2 aromatic carbocycles. The summed E-state index contributed by atoms with van der Waals surface area (Å²) in [7, 11) is 0. The molecule has 0 saturated heterocycles. The highest BCUT2D eigenvalue weighted by Crippen LogP contribution is 2.25. The van der Waals surface area contributed by atoms with Gasteiger partial charge in [-0.3, -0.25) is 0 Å². The Labute approximate surface area is 122 Å². The number of benzene rings is 2. The fourth-order valence-electron chi connectivity index (χ4n) is 1.91. The molecule has 0 bridgehead atoms. The maximum atomic E-state index is 11.4. The molecule has 0 aliphatic heterocycles. The number of ether oxygens (including phenoxy) is 1. The number of carboxylic acids is 1. The third-order valence-corrected chi connectivity index (χ3v) is 3.36. The quantitative estimate of drug-likeness (QED) is 0.913. The van der Waals surface area contributed by atoms with Crippen LogP contribution in [0.5, 0.6) is 5.75 Å². The summed E-state index contributed by atoms with van der Waals surface area (Å²) >= 11 is 5.99. The summed E-state index contributed by atoms with van der Waals surface area (Å²) in [6.45, 7) is 1.95. The Hall–Kier alpha value is -2.00. The number of aryl methyl sites for hydroxylation is 1. The van der Waals surface area contributed by atoms with Gasteiger partial charge in [0.1, 0.15) is 5.75 Å². The van der Waals surface area contributed by atoms with Crippen molar-refractivity contribution in [1.82, 2.24) is 0 Å². The van der Waals surface area contributed by atoms with E-state index in [-0.39, 0.29) is 0 Å². The Bertz CT molecular complexity index is 563. The Morgan fingerprint density at radius 3 is 2.50 bits per heavy atom. The number of carbonyl (C=O) groups is 1. The predicted molar refractivity (Wildman–Crippen MR) is 78.4 cm³/mol. The molecule has 0 aliphatic rings. The lowest BCUT2D eigenvalue weighted by Gasteiger charge is -2.17. The van der Waals surface area contributed by atoms with Crippen LogP contribution in [0.15, 0.2) is 48.5 Å². The summed E-state index contributed by atoms with van der Waals surface area (Å²) in [5, 5.41) is 9.72. The molecular formula is C16H15ClO3. The lowest BCUT2D eigenvalue weighted by Crippen LogP contribution is -2.29. The standard InChI is InChI=1S/C16H15ClO3/c1-11-6-2-3-7-12(11)10-15(16(18)19)20-14-9-5-4-8-13(14)17/h2-9,15H,10H2,1H3,(H,18,19)/t15-/m0/s1. The van der Waals surface area contributed by atoms with Crippen LogP contribution < -0.4 is 4.74 Å². The zero-order valence-electron chi connectivity index (χ0n) is 11.0. The molecule has 0 aliphatic carbocycles. The average Bonchev–Trinajstić information content (AvgIpc) is 2.42. The summed E-state index contributed by atoms with van der Waals surface area (Å²) in [6, 6.07) is 14.5. The number of aliphatic carboxylic acids is 1. The van der Waals surface area contributed by atoms with Gasteiger partial charge in [0, 0.05) is 6.42 Å². The van der Waals surface area contributed by atoms with Crippen molar-refractivity contribution < 1.29 is 14.6 Å². The molecule has 0 saturated carbocycles. The second-order valence-electron chi connectivity index (χ2n) is 4.51. The monoisotopic (exact) mass is 290 g/mol. The van der Waals surface area contributed by atoms with Crippen LogP contribution in [0.1, 0.15) is 11.1 Å². The van der Waals surface area contributed by atoms with Crippen LogP contribution in [0.25, 0.3) is 0 Å². The topological polar surface area (TPSA) is 46.5 Å². The van der Waals surface area contributed by atoms with Crippen LogP contribution in [0.4, 0.5) is 0 Å². The van der Waals surface area contributed by atoms with Gasteiger partial charge >= 0.3 is 5.97 Å². The van der Waals surface area contributed by atoms with E-state index in [0.717, 1.165) is 11.1 Å². The van der Waals surface area contributed by atoms with E-state index in [1.54, 1.807) is 24.3 Å². The third kappa shape index (κ3) is 3.52. The number of hydrogen-bond acceptors (Lipinski definition) is 2. The number of carboxylic acid groups (broad SMARTS) is 1. The number of para-hydroxylation sites is 1. The van der Waals surface area contributed by atoms with E-state index < -0.39 is 12.1 Å². The van der Waals surface area contributed by atoms with E-state index >= 15 is 0 Å². The molecule has 4 heteroatoms. The van der Waals surface area contributed by atoms with Crippen LogP contribution in [-0.2, 0) is 11.2 Å². The average molecular weight is 291 g/mol. The van der Waals surface area contributed by atoms with Gasteiger partial charge in [-0.15, -0.1) is 0 Å². The van der Waals surface area contributed by atoms with E-state index in [1.165, 1.54) is 0 Å². The van der Waals surface area contributed by atoms with Crippen molar-refractivity contribution in [2.45, 2.75) is 19.4 Å². The first-order valence-electron chi connectivity index (χ1n) is 6.26. The fourth-order valence-corrected chi connectivity index (χ4v) is 2.09. The number of halogens is 1. The molecule has 0 aromatic heterocycles. The fraction of sp³-hybridized carbons (Fsp3) is 0.188. The second-order valence-corrected chi connectivity index (χ2v) is 4.91. The van der Waals surface area contributed by atoms with Gasteiger partial charge in [0.25, 0.3) is 0 Å². The normalized spacial score (nSPS) is 11.9. The van der Waals surface area contributed by atoms with Gasteiger partial charge in [-0.1, -0.05) is 48.0 Å². The summed E-state index contributed by atoms with van der Waals surface area (Å²) in [5.74, 6) is -0.622. The van der Waals surface area contributed by atoms with E-state index in [4.69, 9.17) is 16.3 Å². The van der Waals surface area contributed by atoms with Crippen molar-refractivity contribution in [3.8, 4) is 5.75 Å². The molecule has 0 fully saturated rings. The third-order valence-electron chi connectivity index (χ3n) is 3.05. The van der Waals surface area contributed by atoms with Crippen LogP contribution in [-0.4, -0.2) is 17.2 Å². The summed E-state index contributed by atoms with van der Waals surface area (Å²) < 4.78 is 5.53. The lowest BCUT2D eigenvalue weighted by atomic mass is 10.0. The van der Waals surface area contributed by atoms with Crippen LogP contribution in [0.3, 0.4) is 0 Å². The predicted octanol–water partition coefficient (Wildman–Crippen LogP) is 3.72. The largest absolute Gasteiger partial charge is 0.478 e. The number of rotatable bonds is 5. The zero-order valence-corrected chi connectivity index (χ0v) is 11.8. The molecule has 0 spiro atoms. The molecule has 3 nitrogen and oxygen atoms in total. The van der Waals surface area contributed by atoms with Crippen molar-refractivity contribution in [3.63, 3.8) is 0 Å². The highest BCUT2D eigenvalue weighted by atomic mass is 35.5. The first kappa shape index (κ1) is 14.4. The Morgan fingerprint density at radius 2 is 1.85 bits per heavy atom. The Kier molecular flexibility index (Phi) is 4.64. The molecule has 0 heterocycles. The molecular weight excluding hydrogens is 276 g/mol. The van der Waals surface area contributed by atoms with E-state index in [0.29, 0.717) is 17.2 Å². The second kappa shape index (κ2) is 6.44. The van der Waals surface area contributed by atoms with Crippen molar-refractivity contribution >= 4 is 17.6 Å². The van der Waals surface area contributed by atoms with Gasteiger partial charge in [0.15, 0.2) is 6.10 Å². The molecule has 1 atom stereocenters. The first-order chi connectivity index (χ1) is 9.58. The van der Waals surface area contributed by atoms with Gasteiger partial charge in [-0.25, -0.2) is 4.79 Å². The van der Waals surface area contributed by atoms with Crippen LogP contribution >= 0.6 is 11.6 Å². The van der Waals surface area contributed by atoms with Crippen molar-refractivity contribution in [3.05, 3.63) is 64.7 Å². The SMILES string of the molecule is Cc1ccccc1C[C@H](Oc1ccccc1Cl)C(=O)O. The van der Waals surface area contributed by atoms with Gasteiger partial charge in [0.05, 0.1) is 5.02 Å².